The Morgan fingerprint density at radius 1 is 0.560 bits per heavy atom. The average molecular weight is 330 g/mol. The van der Waals surface area contributed by atoms with E-state index in [9.17, 15) is 9.59 Å². The molecule has 3 rings (SSSR count). The minimum absolute atomic E-state index is 0.0231. The molecule has 0 heterocycles. The predicted octanol–water partition coefficient (Wildman–Crippen LogP) is 3.06. The van der Waals surface area contributed by atoms with Gasteiger partial charge < -0.3 is 11.5 Å². The summed E-state index contributed by atoms with van der Waals surface area (Å²) in [6.45, 7) is 0. The van der Waals surface area contributed by atoms with Crippen LogP contribution in [0.1, 0.15) is 43.3 Å². The van der Waals surface area contributed by atoms with E-state index in [2.05, 4.69) is 12.1 Å². The van der Waals surface area contributed by atoms with E-state index in [1.807, 2.05) is 42.5 Å². The molecule has 0 aromatic heterocycles. The Balaban J connectivity index is 2.07. The van der Waals surface area contributed by atoms with Gasteiger partial charge in [-0.1, -0.05) is 54.6 Å². The molecule has 124 valence electrons. The Labute approximate surface area is 146 Å². The molecule has 0 aliphatic heterocycles. The van der Waals surface area contributed by atoms with E-state index in [0.29, 0.717) is 11.1 Å². The fourth-order valence-electron chi connectivity index (χ4n) is 2.90. The summed E-state index contributed by atoms with van der Waals surface area (Å²) in [5, 5.41) is 0. The monoisotopic (exact) mass is 330 g/mol. The second-order valence-electron chi connectivity index (χ2n) is 5.82. The van der Waals surface area contributed by atoms with Crippen LogP contribution in [0.3, 0.4) is 0 Å². The number of carbonyl (C=O) groups is 2. The first-order chi connectivity index (χ1) is 12.1. The first-order valence-corrected chi connectivity index (χ1v) is 7.91. The lowest BCUT2D eigenvalue weighted by Crippen LogP contribution is -2.12. The van der Waals surface area contributed by atoms with Gasteiger partial charge in [0.1, 0.15) is 0 Å². The molecule has 4 nitrogen and oxygen atoms in total. The van der Waals surface area contributed by atoms with Crippen molar-refractivity contribution in [2.45, 2.75) is 5.92 Å². The smallest absolute Gasteiger partial charge is 0.248 e. The minimum Gasteiger partial charge on any atom is -0.366 e. The van der Waals surface area contributed by atoms with Crippen molar-refractivity contribution in [3.63, 3.8) is 0 Å². The maximum Gasteiger partial charge on any atom is 0.248 e. The van der Waals surface area contributed by atoms with Crippen molar-refractivity contribution >= 4 is 11.8 Å². The summed E-state index contributed by atoms with van der Waals surface area (Å²) in [5.41, 5.74) is 14.8. The van der Waals surface area contributed by atoms with Crippen LogP contribution in [0.4, 0.5) is 0 Å². The van der Waals surface area contributed by atoms with Crippen molar-refractivity contribution in [2.24, 2.45) is 11.5 Å². The van der Waals surface area contributed by atoms with E-state index < -0.39 is 11.8 Å². The van der Waals surface area contributed by atoms with Gasteiger partial charge in [-0.15, -0.1) is 0 Å². The van der Waals surface area contributed by atoms with E-state index in [0.717, 1.165) is 16.7 Å². The molecule has 0 atom stereocenters. The summed E-state index contributed by atoms with van der Waals surface area (Å²) in [4.78, 5) is 22.6. The molecule has 0 spiro atoms. The molecule has 3 aromatic rings. The fraction of sp³-hybridized carbons (Fsp3) is 0.0476. The Hall–Kier alpha value is -3.40. The standard InChI is InChI=1S/C21H18N2O2/c22-20(24)17-10-6-15(7-11-17)19(14-4-2-1-3-5-14)16-8-12-18(13-9-16)21(23)25/h1-13,19H,(H2,22,24)(H2,23,25). The number of primary amides is 2. The lowest BCUT2D eigenvalue weighted by molar-refractivity contribution is 0.0992. The molecule has 2 amide bonds. The fourth-order valence-corrected chi connectivity index (χ4v) is 2.90. The second kappa shape index (κ2) is 7.01. The van der Waals surface area contributed by atoms with E-state index in [1.54, 1.807) is 24.3 Å². The quantitative estimate of drug-likeness (QED) is 0.704. The van der Waals surface area contributed by atoms with Gasteiger partial charge in [0.15, 0.2) is 0 Å². The van der Waals surface area contributed by atoms with Gasteiger partial charge in [-0.2, -0.15) is 0 Å². The zero-order chi connectivity index (χ0) is 17.8. The third kappa shape index (κ3) is 3.58. The molecule has 0 unspecified atom stereocenters. The first-order valence-electron chi connectivity index (χ1n) is 7.91. The summed E-state index contributed by atoms with van der Waals surface area (Å²) in [5.74, 6) is -0.924. The predicted molar refractivity (Wildman–Crippen MR) is 97.3 cm³/mol. The number of carbonyl (C=O) groups excluding carboxylic acids is 2. The Bertz CT molecular complexity index is 828. The molecule has 0 bridgehead atoms. The van der Waals surface area contributed by atoms with Crippen molar-refractivity contribution in [3.8, 4) is 0 Å². The lowest BCUT2D eigenvalue weighted by Gasteiger charge is -2.19. The zero-order valence-corrected chi connectivity index (χ0v) is 13.6. The minimum atomic E-state index is -0.450. The Morgan fingerprint density at radius 2 is 0.920 bits per heavy atom. The molecule has 0 fully saturated rings. The molecule has 0 saturated heterocycles. The third-order valence-electron chi connectivity index (χ3n) is 4.19. The summed E-state index contributed by atoms with van der Waals surface area (Å²) in [6, 6.07) is 24.6. The highest BCUT2D eigenvalue weighted by Gasteiger charge is 2.17. The van der Waals surface area contributed by atoms with Gasteiger partial charge in [-0.05, 0) is 41.0 Å². The van der Waals surface area contributed by atoms with Crippen molar-refractivity contribution in [3.05, 3.63) is 107 Å². The normalized spacial score (nSPS) is 10.6. The van der Waals surface area contributed by atoms with Crippen molar-refractivity contribution in [1.82, 2.24) is 0 Å². The third-order valence-corrected chi connectivity index (χ3v) is 4.19. The SMILES string of the molecule is NC(=O)c1ccc(C(c2ccccc2)c2ccc(C(N)=O)cc2)cc1. The van der Waals surface area contributed by atoms with Crippen LogP contribution in [0.2, 0.25) is 0 Å². The van der Waals surface area contributed by atoms with E-state index in [-0.39, 0.29) is 5.92 Å². The molecular weight excluding hydrogens is 312 g/mol. The van der Waals surface area contributed by atoms with Crippen LogP contribution in [0.25, 0.3) is 0 Å². The van der Waals surface area contributed by atoms with E-state index in [4.69, 9.17) is 11.5 Å². The number of hydrogen-bond donors (Lipinski definition) is 2. The number of nitrogens with two attached hydrogens (primary N) is 2. The van der Waals surface area contributed by atoms with E-state index in [1.165, 1.54) is 0 Å². The van der Waals surface area contributed by atoms with Crippen molar-refractivity contribution in [1.29, 1.82) is 0 Å². The highest BCUT2D eigenvalue weighted by Crippen LogP contribution is 2.32. The second-order valence-corrected chi connectivity index (χ2v) is 5.82. The molecule has 4 N–H and O–H groups in total. The van der Waals surface area contributed by atoms with Crippen LogP contribution in [-0.2, 0) is 0 Å². The Kier molecular flexibility index (Phi) is 4.61. The molecule has 0 aliphatic carbocycles. The number of amides is 2. The number of hydrogen-bond acceptors (Lipinski definition) is 2. The van der Waals surface area contributed by atoms with Crippen LogP contribution in [-0.4, -0.2) is 11.8 Å². The molecule has 4 heteroatoms. The van der Waals surface area contributed by atoms with Crippen LogP contribution in [0, 0.1) is 0 Å². The largest absolute Gasteiger partial charge is 0.366 e. The molecular formula is C21H18N2O2. The first kappa shape index (κ1) is 16.5. The van der Waals surface area contributed by atoms with Crippen molar-refractivity contribution < 1.29 is 9.59 Å². The van der Waals surface area contributed by atoms with Gasteiger partial charge in [-0.25, -0.2) is 0 Å². The summed E-state index contributed by atoms with van der Waals surface area (Å²) < 4.78 is 0. The maximum atomic E-state index is 11.3. The molecule has 0 saturated carbocycles. The summed E-state index contributed by atoms with van der Waals surface area (Å²) in [7, 11) is 0. The summed E-state index contributed by atoms with van der Waals surface area (Å²) in [6.07, 6.45) is 0. The van der Waals surface area contributed by atoms with Gasteiger partial charge in [0.2, 0.25) is 11.8 Å². The van der Waals surface area contributed by atoms with E-state index >= 15 is 0 Å². The van der Waals surface area contributed by atoms with Gasteiger partial charge in [0.05, 0.1) is 0 Å². The van der Waals surface area contributed by atoms with Crippen LogP contribution < -0.4 is 11.5 Å². The highest BCUT2D eigenvalue weighted by atomic mass is 16.1. The van der Waals surface area contributed by atoms with Gasteiger partial charge in [0, 0.05) is 17.0 Å². The molecule has 0 radical (unpaired) electrons. The van der Waals surface area contributed by atoms with Gasteiger partial charge >= 0.3 is 0 Å². The molecule has 25 heavy (non-hydrogen) atoms. The van der Waals surface area contributed by atoms with Crippen LogP contribution >= 0.6 is 0 Å². The van der Waals surface area contributed by atoms with Crippen molar-refractivity contribution in [2.75, 3.05) is 0 Å². The number of benzene rings is 3. The summed E-state index contributed by atoms with van der Waals surface area (Å²) >= 11 is 0. The van der Waals surface area contributed by atoms with Gasteiger partial charge in [0.25, 0.3) is 0 Å². The highest BCUT2D eigenvalue weighted by molar-refractivity contribution is 5.93. The Morgan fingerprint density at radius 3 is 1.28 bits per heavy atom. The topological polar surface area (TPSA) is 86.2 Å². The lowest BCUT2D eigenvalue weighted by atomic mass is 9.84. The van der Waals surface area contributed by atoms with Gasteiger partial charge in [-0.3, -0.25) is 9.59 Å². The average Bonchev–Trinajstić information content (AvgIpc) is 2.64. The van der Waals surface area contributed by atoms with Crippen LogP contribution in [0.5, 0.6) is 0 Å². The zero-order valence-electron chi connectivity index (χ0n) is 13.6. The molecule has 0 aliphatic rings. The number of rotatable bonds is 5. The maximum absolute atomic E-state index is 11.3. The molecule has 3 aromatic carbocycles. The van der Waals surface area contributed by atoms with Crippen LogP contribution in [0.15, 0.2) is 78.9 Å².